The molecule has 0 radical (unpaired) electrons. The lowest BCUT2D eigenvalue weighted by molar-refractivity contribution is -0.946. The number of nitrogens with one attached hydrogen (secondary N) is 2. The van der Waals surface area contributed by atoms with Crippen molar-refractivity contribution in [2.45, 2.75) is 84.2 Å². The molecule has 2 aliphatic rings. The second-order valence-corrected chi connectivity index (χ2v) is 7.97. The third-order valence-corrected chi connectivity index (χ3v) is 6.03. The summed E-state index contributed by atoms with van der Waals surface area (Å²) in [6, 6.07) is 5.17. The van der Waals surface area contributed by atoms with Crippen molar-refractivity contribution in [1.29, 1.82) is 0 Å². The molecule has 1 aliphatic carbocycles. The average molecular weight is 330 g/mol. The first-order valence-corrected chi connectivity index (χ1v) is 9.80. The summed E-state index contributed by atoms with van der Waals surface area (Å²) in [5.41, 5.74) is 4.64. The van der Waals surface area contributed by atoms with Crippen LogP contribution in [0, 0.1) is 20.8 Å². The monoisotopic (exact) mass is 329 g/mol. The van der Waals surface area contributed by atoms with Crippen molar-refractivity contribution < 1.29 is 9.69 Å². The summed E-state index contributed by atoms with van der Waals surface area (Å²) in [5, 5.41) is 3.28. The molecule has 1 saturated heterocycles. The normalized spacial score (nSPS) is 25.5. The van der Waals surface area contributed by atoms with Crippen LogP contribution in [0.2, 0.25) is 0 Å². The Morgan fingerprint density at radius 3 is 2.25 bits per heavy atom. The molecule has 0 aromatic heterocycles. The molecule has 1 saturated carbocycles. The number of quaternary nitrogens is 1. The molecule has 0 spiro atoms. The van der Waals surface area contributed by atoms with Crippen LogP contribution in [0.5, 0.6) is 0 Å². The molecular formula is C21H33N2O+. The molecule has 1 aromatic rings. The van der Waals surface area contributed by atoms with E-state index in [1.165, 1.54) is 68.2 Å². The van der Waals surface area contributed by atoms with E-state index in [9.17, 15) is 4.79 Å². The lowest BCUT2D eigenvalue weighted by atomic mass is 9.90. The highest BCUT2D eigenvalue weighted by atomic mass is 16.2. The standard InChI is InChI=1S/C21H32N2O/c1-15-13-16(2)20(17(3)14-15)22-21(24)19-11-7-8-12-23(19)18-9-5-4-6-10-18/h13-14,18-19H,4-12H2,1-3H3,(H,22,24)/p+1/t19-/m0/s1. The van der Waals surface area contributed by atoms with E-state index in [2.05, 4.69) is 38.2 Å². The minimum atomic E-state index is 0.141. The van der Waals surface area contributed by atoms with Crippen LogP contribution in [0.15, 0.2) is 12.1 Å². The number of hydrogen-bond acceptors (Lipinski definition) is 1. The van der Waals surface area contributed by atoms with E-state index < -0.39 is 0 Å². The number of carbonyl (C=O) groups is 1. The Balaban J connectivity index is 1.74. The number of carbonyl (C=O) groups excluding carboxylic acids is 1. The van der Waals surface area contributed by atoms with Gasteiger partial charge in [0.1, 0.15) is 0 Å². The van der Waals surface area contributed by atoms with Crippen LogP contribution in [0.4, 0.5) is 5.69 Å². The van der Waals surface area contributed by atoms with Crippen LogP contribution in [0.25, 0.3) is 0 Å². The summed E-state index contributed by atoms with van der Waals surface area (Å²) in [6.45, 7) is 7.49. The van der Waals surface area contributed by atoms with Gasteiger partial charge in [0, 0.05) is 12.1 Å². The van der Waals surface area contributed by atoms with Crippen molar-refractivity contribution in [2.75, 3.05) is 11.9 Å². The second kappa shape index (κ2) is 7.69. The fourth-order valence-electron chi connectivity index (χ4n) is 4.89. The quantitative estimate of drug-likeness (QED) is 0.876. The highest BCUT2D eigenvalue weighted by Crippen LogP contribution is 2.23. The first-order valence-electron chi connectivity index (χ1n) is 9.80. The van der Waals surface area contributed by atoms with Gasteiger partial charge in [-0.3, -0.25) is 4.79 Å². The van der Waals surface area contributed by atoms with Crippen LogP contribution < -0.4 is 10.2 Å². The Morgan fingerprint density at radius 2 is 1.58 bits per heavy atom. The highest BCUT2D eigenvalue weighted by molar-refractivity contribution is 5.95. The molecule has 3 rings (SSSR count). The van der Waals surface area contributed by atoms with E-state index >= 15 is 0 Å². The average Bonchev–Trinajstić information content (AvgIpc) is 2.58. The largest absolute Gasteiger partial charge is 0.322 e. The number of anilines is 1. The van der Waals surface area contributed by atoms with Gasteiger partial charge in [0.2, 0.25) is 0 Å². The third kappa shape index (κ3) is 3.83. The zero-order valence-electron chi connectivity index (χ0n) is 15.6. The molecule has 2 fully saturated rings. The molecule has 24 heavy (non-hydrogen) atoms. The number of piperidine rings is 1. The van der Waals surface area contributed by atoms with Crippen molar-refractivity contribution in [3.63, 3.8) is 0 Å². The van der Waals surface area contributed by atoms with Gasteiger partial charge in [-0.1, -0.05) is 24.1 Å². The van der Waals surface area contributed by atoms with Crippen LogP contribution in [0.3, 0.4) is 0 Å². The van der Waals surface area contributed by atoms with Gasteiger partial charge >= 0.3 is 0 Å². The van der Waals surface area contributed by atoms with Crippen LogP contribution in [-0.4, -0.2) is 24.5 Å². The molecule has 132 valence electrons. The Kier molecular flexibility index (Phi) is 5.60. The fraction of sp³-hybridized carbons (Fsp3) is 0.667. The molecule has 2 atom stereocenters. The number of amides is 1. The summed E-state index contributed by atoms with van der Waals surface area (Å²) in [7, 11) is 0. The first kappa shape index (κ1) is 17.5. The predicted molar refractivity (Wildman–Crippen MR) is 99.6 cm³/mol. The second-order valence-electron chi connectivity index (χ2n) is 7.97. The van der Waals surface area contributed by atoms with E-state index in [0.29, 0.717) is 6.04 Å². The Bertz CT molecular complexity index is 566. The van der Waals surface area contributed by atoms with Crippen molar-refractivity contribution in [3.05, 3.63) is 28.8 Å². The molecule has 1 heterocycles. The third-order valence-electron chi connectivity index (χ3n) is 6.03. The minimum Gasteiger partial charge on any atom is -0.322 e. The van der Waals surface area contributed by atoms with Gasteiger partial charge < -0.3 is 10.2 Å². The topological polar surface area (TPSA) is 33.5 Å². The van der Waals surface area contributed by atoms with Crippen molar-refractivity contribution >= 4 is 11.6 Å². The van der Waals surface area contributed by atoms with E-state index in [-0.39, 0.29) is 11.9 Å². The molecule has 2 N–H and O–H groups in total. The Hall–Kier alpha value is -1.35. The van der Waals surface area contributed by atoms with E-state index in [4.69, 9.17) is 0 Å². The predicted octanol–water partition coefficient (Wildman–Crippen LogP) is 3.32. The fourth-order valence-corrected chi connectivity index (χ4v) is 4.89. The van der Waals surface area contributed by atoms with Gasteiger partial charge in [-0.25, -0.2) is 0 Å². The van der Waals surface area contributed by atoms with Gasteiger partial charge in [0.05, 0.1) is 12.6 Å². The zero-order chi connectivity index (χ0) is 17.1. The van der Waals surface area contributed by atoms with Gasteiger partial charge in [-0.2, -0.15) is 0 Å². The van der Waals surface area contributed by atoms with Gasteiger partial charge in [0.25, 0.3) is 5.91 Å². The summed E-state index contributed by atoms with van der Waals surface area (Å²) < 4.78 is 0. The molecule has 1 unspecified atom stereocenters. The van der Waals surface area contributed by atoms with Gasteiger partial charge in [-0.15, -0.1) is 0 Å². The lowest BCUT2D eigenvalue weighted by Crippen LogP contribution is -3.21. The number of hydrogen-bond donors (Lipinski definition) is 2. The van der Waals surface area contributed by atoms with Gasteiger partial charge in [-0.05, 0) is 70.4 Å². The first-order chi connectivity index (χ1) is 11.6. The molecule has 1 aromatic carbocycles. The van der Waals surface area contributed by atoms with E-state index in [1.54, 1.807) is 4.90 Å². The van der Waals surface area contributed by atoms with Gasteiger partial charge in [0.15, 0.2) is 6.04 Å². The Labute approximate surface area is 146 Å². The number of rotatable bonds is 3. The number of aryl methyl sites for hydroxylation is 3. The number of benzene rings is 1. The maximum atomic E-state index is 13.1. The summed E-state index contributed by atoms with van der Waals surface area (Å²) >= 11 is 0. The molecule has 3 heteroatoms. The molecular weight excluding hydrogens is 296 g/mol. The summed E-state index contributed by atoms with van der Waals surface area (Å²) in [6.07, 6.45) is 10.2. The van der Waals surface area contributed by atoms with Crippen molar-refractivity contribution in [2.24, 2.45) is 0 Å². The smallest absolute Gasteiger partial charge is 0.282 e. The van der Waals surface area contributed by atoms with E-state index in [0.717, 1.165) is 12.1 Å². The molecule has 0 bridgehead atoms. The highest BCUT2D eigenvalue weighted by Gasteiger charge is 2.37. The van der Waals surface area contributed by atoms with Crippen molar-refractivity contribution in [1.82, 2.24) is 0 Å². The lowest BCUT2D eigenvalue weighted by Gasteiger charge is -2.39. The Morgan fingerprint density at radius 1 is 0.958 bits per heavy atom. The summed E-state index contributed by atoms with van der Waals surface area (Å²) in [4.78, 5) is 14.6. The maximum Gasteiger partial charge on any atom is 0.282 e. The SMILES string of the molecule is Cc1cc(C)c(NC(=O)[C@@H]2CCCC[NH+]2C2CCCCC2)c(C)c1. The number of likely N-dealkylation sites (tertiary alicyclic amines) is 1. The van der Waals surface area contributed by atoms with Crippen LogP contribution >= 0.6 is 0 Å². The molecule has 3 nitrogen and oxygen atoms in total. The van der Waals surface area contributed by atoms with Crippen LogP contribution in [0.1, 0.15) is 68.1 Å². The minimum absolute atomic E-state index is 0.141. The summed E-state index contributed by atoms with van der Waals surface area (Å²) in [5.74, 6) is 0.241. The van der Waals surface area contributed by atoms with Crippen molar-refractivity contribution in [3.8, 4) is 0 Å². The zero-order valence-corrected chi connectivity index (χ0v) is 15.6. The maximum absolute atomic E-state index is 13.1. The van der Waals surface area contributed by atoms with E-state index in [1.807, 2.05) is 0 Å². The van der Waals surface area contributed by atoms with Crippen LogP contribution in [-0.2, 0) is 4.79 Å². The molecule has 1 aliphatic heterocycles. The molecule has 1 amide bonds.